The molecule has 0 amide bonds. The molecule has 0 aromatic carbocycles. The normalized spacial score (nSPS) is 34.8. The molecule has 2 aliphatic rings. The number of carbonyl (C=O) groups excluding carboxylic acids is 1. The number of unbranched alkanes of at least 4 members (excludes halogenated alkanes) is 15. The van der Waals surface area contributed by atoms with Crippen LogP contribution in [0.4, 0.5) is 0 Å². The minimum atomic E-state index is -1.86. The van der Waals surface area contributed by atoms with Gasteiger partial charge in [0.25, 0.3) is 0 Å². The molecule has 0 bridgehead atoms. The van der Waals surface area contributed by atoms with Gasteiger partial charge in [-0.15, -0.1) is 0 Å². The van der Waals surface area contributed by atoms with Gasteiger partial charge in [0.2, 0.25) is 0 Å². The maximum Gasteiger partial charge on any atom is 0.305 e. The fourth-order valence-corrected chi connectivity index (χ4v) is 5.74. The van der Waals surface area contributed by atoms with E-state index >= 15 is 0 Å². The lowest BCUT2D eigenvalue weighted by Gasteiger charge is -2.46. The van der Waals surface area contributed by atoms with Crippen LogP contribution in [0.25, 0.3) is 0 Å². The standard InChI is InChI=1S/C31H58O12/c1-2-3-4-5-6-7-8-9-10-11-12-13-14-15-16-17-18-21(32)41-19-20-22(33)23(34)29(40)31(42-20)43-30-27(38)25(36)24(35)26(37)28(30)39/h20,22-31,33-40H,2-19H2,1H3. The molecule has 0 aromatic rings. The van der Waals surface area contributed by atoms with Crippen LogP contribution in [0.15, 0.2) is 0 Å². The largest absolute Gasteiger partial charge is 0.463 e. The second-order valence-electron chi connectivity index (χ2n) is 12.3. The molecule has 12 nitrogen and oxygen atoms in total. The van der Waals surface area contributed by atoms with Crippen LogP contribution in [0.5, 0.6) is 0 Å². The van der Waals surface area contributed by atoms with Crippen LogP contribution in [0.2, 0.25) is 0 Å². The molecule has 9 atom stereocenters. The van der Waals surface area contributed by atoms with Crippen molar-refractivity contribution in [2.45, 2.75) is 183 Å². The summed E-state index contributed by atoms with van der Waals surface area (Å²) >= 11 is 0. The molecule has 1 saturated heterocycles. The highest BCUT2D eigenvalue weighted by Crippen LogP contribution is 2.29. The van der Waals surface area contributed by atoms with Gasteiger partial charge in [-0.05, 0) is 6.42 Å². The number of carbonyl (C=O) groups is 1. The van der Waals surface area contributed by atoms with E-state index in [2.05, 4.69) is 6.92 Å². The molecule has 0 aromatic heterocycles. The first kappa shape index (κ1) is 38.3. The molecular formula is C31H58O12. The van der Waals surface area contributed by atoms with Crippen molar-refractivity contribution < 1.29 is 59.9 Å². The number of hydrogen-bond donors (Lipinski definition) is 8. The van der Waals surface area contributed by atoms with E-state index in [-0.39, 0.29) is 6.42 Å². The summed E-state index contributed by atoms with van der Waals surface area (Å²) in [6.45, 7) is 1.80. The molecule has 0 radical (unpaired) electrons. The number of aliphatic hydroxyl groups is 8. The van der Waals surface area contributed by atoms with Crippen LogP contribution in [0, 0.1) is 0 Å². The maximum atomic E-state index is 12.2. The van der Waals surface area contributed by atoms with E-state index in [4.69, 9.17) is 14.2 Å². The predicted octanol–water partition coefficient (Wildman–Crippen LogP) is 1.19. The fourth-order valence-electron chi connectivity index (χ4n) is 5.74. The Morgan fingerprint density at radius 1 is 0.535 bits per heavy atom. The summed E-state index contributed by atoms with van der Waals surface area (Å²) < 4.78 is 16.0. The summed E-state index contributed by atoms with van der Waals surface area (Å²) in [4.78, 5) is 12.2. The van der Waals surface area contributed by atoms with Gasteiger partial charge in [0.1, 0.15) is 67.6 Å². The van der Waals surface area contributed by atoms with E-state index < -0.39 is 79.9 Å². The van der Waals surface area contributed by atoms with Crippen molar-refractivity contribution in [1.29, 1.82) is 0 Å². The number of esters is 1. The van der Waals surface area contributed by atoms with Crippen molar-refractivity contribution in [2.75, 3.05) is 6.61 Å². The predicted molar refractivity (Wildman–Crippen MR) is 157 cm³/mol. The first-order valence-electron chi connectivity index (χ1n) is 16.5. The minimum absolute atomic E-state index is 0.185. The average molecular weight is 623 g/mol. The van der Waals surface area contributed by atoms with Gasteiger partial charge in [0.15, 0.2) is 6.29 Å². The van der Waals surface area contributed by atoms with Crippen molar-refractivity contribution >= 4 is 5.97 Å². The van der Waals surface area contributed by atoms with Crippen LogP contribution in [-0.2, 0) is 19.0 Å². The lowest BCUT2D eigenvalue weighted by molar-refractivity contribution is -0.339. The van der Waals surface area contributed by atoms with Crippen LogP contribution >= 0.6 is 0 Å². The second-order valence-corrected chi connectivity index (χ2v) is 12.3. The Bertz CT molecular complexity index is 726. The SMILES string of the molecule is CCCCCCCCCCCCCCCCCCC(=O)OCC1OC(OC2C(O)C(O)C(O)C(O)C2O)C(O)C(O)C1O. The van der Waals surface area contributed by atoms with Crippen LogP contribution in [-0.4, -0.2) is 121 Å². The first-order valence-corrected chi connectivity index (χ1v) is 16.5. The molecule has 9 unspecified atom stereocenters. The second kappa shape index (κ2) is 21.0. The van der Waals surface area contributed by atoms with Crippen LogP contribution in [0.3, 0.4) is 0 Å². The van der Waals surface area contributed by atoms with Crippen molar-refractivity contribution in [3.05, 3.63) is 0 Å². The third kappa shape index (κ3) is 12.8. The summed E-state index contributed by atoms with van der Waals surface area (Å²) in [6.07, 6.45) is 0.554. The Hall–Kier alpha value is -0.930. The Balaban J connectivity index is 1.57. The van der Waals surface area contributed by atoms with E-state index in [0.29, 0.717) is 6.42 Å². The van der Waals surface area contributed by atoms with Crippen molar-refractivity contribution in [2.24, 2.45) is 0 Å². The number of ether oxygens (including phenoxy) is 3. The maximum absolute atomic E-state index is 12.2. The van der Waals surface area contributed by atoms with Gasteiger partial charge in [-0.2, -0.15) is 0 Å². The molecule has 12 heteroatoms. The summed E-state index contributed by atoms with van der Waals surface area (Å²) in [5, 5.41) is 80.7. The summed E-state index contributed by atoms with van der Waals surface area (Å²) in [7, 11) is 0. The van der Waals surface area contributed by atoms with Gasteiger partial charge in [0, 0.05) is 6.42 Å². The van der Waals surface area contributed by atoms with Gasteiger partial charge in [0.05, 0.1) is 0 Å². The monoisotopic (exact) mass is 622 g/mol. The van der Waals surface area contributed by atoms with Crippen LogP contribution in [0.1, 0.15) is 116 Å². The van der Waals surface area contributed by atoms with Gasteiger partial charge < -0.3 is 55.1 Å². The molecule has 0 spiro atoms. The molecular weight excluding hydrogens is 564 g/mol. The summed E-state index contributed by atoms with van der Waals surface area (Å²) in [6, 6.07) is 0. The molecule has 2 rings (SSSR count). The van der Waals surface area contributed by atoms with Crippen molar-refractivity contribution in [3.8, 4) is 0 Å². The Kier molecular flexibility index (Phi) is 18.7. The average Bonchev–Trinajstić information content (AvgIpc) is 3.00. The molecule has 2 fully saturated rings. The number of hydrogen-bond acceptors (Lipinski definition) is 12. The highest BCUT2D eigenvalue weighted by molar-refractivity contribution is 5.69. The summed E-state index contributed by atoms with van der Waals surface area (Å²) in [5.74, 6) is -0.502. The zero-order chi connectivity index (χ0) is 31.8. The van der Waals surface area contributed by atoms with Crippen molar-refractivity contribution in [1.82, 2.24) is 0 Å². The third-order valence-electron chi connectivity index (χ3n) is 8.68. The molecule has 43 heavy (non-hydrogen) atoms. The Morgan fingerprint density at radius 3 is 1.40 bits per heavy atom. The van der Waals surface area contributed by atoms with E-state index in [9.17, 15) is 45.6 Å². The molecule has 254 valence electrons. The summed E-state index contributed by atoms with van der Waals surface area (Å²) in [5.41, 5.74) is 0. The van der Waals surface area contributed by atoms with E-state index in [1.165, 1.54) is 77.0 Å². The van der Waals surface area contributed by atoms with E-state index in [0.717, 1.165) is 19.3 Å². The minimum Gasteiger partial charge on any atom is -0.463 e. The lowest BCUT2D eigenvalue weighted by atomic mass is 9.84. The highest BCUT2D eigenvalue weighted by Gasteiger charge is 2.52. The van der Waals surface area contributed by atoms with Gasteiger partial charge in [-0.3, -0.25) is 4.79 Å². The Morgan fingerprint density at radius 2 is 0.930 bits per heavy atom. The van der Waals surface area contributed by atoms with Crippen LogP contribution < -0.4 is 0 Å². The number of rotatable bonds is 21. The molecule has 8 N–H and O–H groups in total. The fraction of sp³-hybridized carbons (Fsp3) is 0.968. The van der Waals surface area contributed by atoms with Gasteiger partial charge >= 0.3 is 5.97 Å². The quantitative estimate of drug-likeness (QED) is 0.0671. The highest BCUT2D eigenvalue weighted by atomic mass is 16.7. The topological polar surface area (TPSA) is 207 Å². The molecule has 1 aliphatic heterocycles. The number of aliphatic hydroxyl groups excluding tert-OH is 8. The van der Waals surface area contributed by atoms with E-state index in [1.54, 1.807) is 0 Å². The zero-order valence-corrected chi connectivity index (χ0v) is 25.8. The van der Waals surface area contributed by atoms with Crippen molar-refractivity contribution in [3.63, 3.8) is 0 Å². The molecule has 1 aliphatic carbocycles. The molecule has 1 saturated carbocycles. The van der Waals surface area contributed by atoms with Gasteiger partial charge in [-0.1, -0.05) is 103 Å². The van der Waals surface area contributed by atoms with Gasteiger partial charge in [-0.25, -0.2) is 0 Å². The van der Waals surface area contributed by atoms with E-state index in [1.807, 2.05) is 0 Å². The molecule has 1 heterocycles. The smallest absolute Gasteiger partial charge is 0.305 e. The lowest BCUT2D eigenvalue weighted by Crippen LogP contribution is -2.67. The third-order valence-corrected chi connectivity index (χ3v) is 8.68. The first-order chi connectivity index (χ1) is 20.6. The zero-order valence-electron chi connectivity index (χ0n) is 25.8. The Labute approximate surface area is 256 Å².